The molecule has 1 aromatic carbocycles. The Labute approximate surface area is 145 Å². The van der Waals surface area contributed by atoms with Crippen molar-refractivity contribution in [2.24, 2.45) is 0 Å². The van der Waals surface area contributed by atoms with Gasteiger partial charge >= 0.3 is 6.18 Å². The molecule has 0 radical (unpaired) electrons. The summed E-state index contributed by atoms with van der Waals surface area (Å²) in [6.07, 6.45) is -3.66. The molecular weight excluding hydrogens is 329 g/mol. The minimum Gasteiger partial charge on any atom is -0.353 e. The molecule has 7 heteroatoms. The van der Waals surface area contributed by atoms with E-state index in [0.717, 1.165) is 31.7 Å². The molecule has 0 N–H and O–H groups in total. The predicted molar refractivity (Wildman–Crippen MR) is 90.6 cm³/mol. The van der Waals surface area contributed by atoms with Crippen molar-refractivity contribution in [1.29, 1.82) is 0 Å². The van der Waals surface area contributed by atoms with Crippen LogP contribution in [0.25, 0.3) is 0 Å². The number of rotatable bonds is 4. The Kier molecular flexibility index (Phi) is 5.22. The van der Waals surface area contributed by atoms with Gasteiger partial charge in [0.2, 0.25) is 0 Å². The molecule has 3 rings (SSSR count). The number of piperazine rings is 1. The second-order valence-electron chi connectivity index (χ2n) is 6.35. The molecule has 134 valence electrons. The van der Waals surface area contributed by atoms with E-state index in [1.54, 1.807) is 6.07 Å². The van der Waals surface area contributed by atoms with Gasteiger partial charge in [-0.3, -0.25) is 0 Å². The maximum atomic E-state index is 13.3. The Hall–Kier alpha value is -2.15. The van der Waals surface area contributed by atoms with Crippen molar-refractivity contribution in [3.8, 4) is 0 Å². The van der Waals surface area contributed by atoms with Crippen LogP contribution in [-0.4, -0.2) is 48.3 Å². The van der Waals surface area contributed by atoms with Gasteiger partial charge in [0.15, 0.2) is 11.5 Å². The lowest BCUT2D eigenvalue weighted by molar-refractivity contribution is -0.142. The second-order valence-corrected chi connectivity index (χ2v) is 6.35. The number of halogens is 3. The summed E-state index contributed by atoms with van der Waals surface area (Å²) in [7, 11) is 2.03. The number of alkyl halides is 3. The van der Waals surface area contributed by atoms with Crippen LogP contribution in [0, 0.1) is 0 Å². The zero-order chi connectivity index (χ0) is 17.9. The molecule has 1 fully saturated rings. The monoisotopic (exact) mass is 350 g/mol. The van der Waals surface area contributed by atoms with Gasteiger partial charge in [0, 0.05) is 26.2 Å². The van der Waals surface area contributed by atoms with Crippen molar-refractivity contribution in [3.05, 3.63) is 53.2 Å². The average molecular weight is 350 g/mol. The van der Waals surface area contributed by atoms with Gasteiger partial charge in [-0.15, -0.1) is 10.2 Å². The maximum Gasteiger partial charge on any atom is 0.435 e. The molecule has 1 aliphatic rings. The molecule has 1 aliphatic heterocycles. The number of aromatic nitrogens is 2. The highest BCUT2D eigenvalue weighted by Crippen LogP contribution is 2.32. The zero-order valence-corrected chi connectivity index (χ0v) is 14.1. The summed E-state index contributed by atoms with van der Waals surface area (Å²) >= 11 is 0. The smallest absolute Gasteiger partial charge is 0.353 e. The van der Waals surface area contributed by atoms with Crippen LogP contribution in [0.1, 0.15) is 16.8 Å². The maximum absolute atomic E-state index is 13.3. The van der Waals surface area contributed by atoms with Gasteiger partial charge < -0.3 is 9.80 Å². The highest BCUT2D eigenvalue weighted by molar-refractivity contribution is 5.43. The fourth-order valence-electron chi connectivity index (χ4n) is 2.96. The number of anilines is 1. The van der Waals surface area contributed by atoms with E-state index in [1.165, 1.54) is 0 Å². The topological polar surface area (TPSA) is 32.3 Å². The summed E-state index contributed by atoms with van der Waals surface area (Å²) < 4.78 is 39.8. The lowest BCUT2D eigenvalue weighted by Crippen LogP contribution is -2.45. The Bertz CT molecular complexity index is 695. The quantitative estimate of drug-likeness (QED) is 0.848. The highest BCUT2D eigenvalue weighted by Gasteiger charge is 2.36. The lowest BCUT2D eigenvalue weighted by atomic mass is 10.0. The Morgan fingerprint density at radius 2 is 1.64 bits per heavy atom. The molecule has 2 aromatic rings. The molecule has 0 saturated carbocycles. The number of likely N-dealkylation sites (N-methyl/N-ethyl adjacent to an activating group) is 1. The molecule has 25 heavy (non-hydrogen) atoms. The lowest BCUT2D eigenvalue weighted by Gasteiger charge is -2.33. The number of nitrogens with zero attached hydrogens (tertiary/aromatic N) is 4. The number of aryl methyl sites for hydroxylation is 2. The van der Waals surface area contributed by atoms with Gasteiger partial charge in [0.05, 0.1) is 0 Å². The first-order valence-corrected chi connectivity index (χ1v) is 8.35. The van der Waals surface area contributed by atoms with Crippen molar-refractivity contribution in [2.75, 3.05) is 38.1 Å². The Morgan fingerprint density at radius 1 is 0.960 bits per heavy atom. The normalized spacial score (nSPS) is 16.2. The van der Waals surface area contributed by atoms with Crippen molar-refractivity contribution < 1.29 is 13.2 Å². The fraction of sp³-hybridized carbons (Fsp3) is 0.444. The Balaban J connectivity index is 1.83. The molecular formula is C18H21F3N4. The zero-order valence-electron chi connectivity index (χ0n) is 14.1. The molecule has 0 atom stereocenters. The molecule has 0 amide bonds. The van der Waals surface area contributed by atoms with Crippen LogP contribution in [-0.2, 0) is 19.0 Å². The van der Waals surface area contributed by atoms with E-state index in [0.29, 0.717) is 12.2 Å². The van der Waals surface area contributed by atoms with Crippen LogP contribution >= 0.6 is 0 Å². The number of hydrogen-bond donors (Lipinski definition) is 0. The summed E-state index contributed by atoms with van der Waals surface area (Å²) in [5, 5.41) is 7.37. The van der Waals surface area contributed by atoms with Gasteiger partial charge in [-0.05, 0) is 37.1 Å². The molecule has 4 nitrogen and oxygen atoms in total. The third-order valence-corrected chi connectivity index (χ3v) is 4.48. The van der Waals surface area contributed by atoms with Crippen molar-refractivity contribution in [2.45, 2.75) is 19.0 Å². The number of hydrogen-bond acceptors (Lipinski definition) is 4. The van der Waals surface area contributed by atoms with E-state index in [-0.39, 0.29) is 12.0 Å². The standard InChI is InChI=1S/C18H21F3N4/c1-24-9-11-25(12-10-24)16-13-15(17(23-22-16)18(19,20)21)8-7-14-5-3-2-4-6-14/h2-6,13H,7-12H2,1H3. The van der Waals surface area contributed by atoms with E-state index in [2.05, 4.69) is 15.1 Å². The van der Waals surface area contributed by atoms with E-state index in [1.807, 2.05) is 42.3 Å². The largest absolute Gasteiger partial charge is 0.435 e. The van der Waals surface area contributed by atoms with Crippen LogP contribution in [0.4, 0.5) is 19.0 Å². The van der Waals surface area contributed by atoms with Crippen LogP contribution in [0.5, 0.6) is 0 Å². The van der Waals surface area contributed by atoms with E-state index < -0.39 is 11.9 Å². The summed E-state index contributed by atoms with van der Waals surface area (Å²) in [5.41, 5.74) is 0.343. The first-order valence-electron chi connectivity index (χ1n) is 8.35. The molecule has 1 aromatic heterocycles. The Morgan fingerprint density at radius 3 is 2.28 bits per heavy atom. The van der Waals surface area contributed by atoms with Crippen molar-refractivity contribution in [1.82, 2.24) is 15.1 Å². The summed E-state index contributed by atoms with van der Waals surface area (Å²) in [5.74, 6) is 0.532. The number of benzene rings is 1. The minimum absolute atomic E-state index is 0.209. The van der Waals surface area contributed by atoms with Crippen molar-refractivity contribution >= 4 is 5.82 Å². The van der Waals surface area contributed by atoms with Crippen LogP contribution in [0.2, 0.25) is 0 Å². The predicted octanol–water partition coefficient (Wildman–Crippen LogP) is 3.03. The van der Waals surface area contributed by atoms with E-state index >= 15 is 0 Å². The molecule has 2 heterocycles. The van der Waals surface area contributed by atoms with Crippen LogP contribution in [0.3, 0.4) is 0 Å². The molecule has 0 spiro atoms. The SMILES string of the molecule is CN1CCN(c2cc(CCc3ccccc3)c(C(F)(F)F)nn2)CC1. The van der Waals surface area contributed by atoms with Crippen LogP contribution in [0.15, 0.2) is 36.4 Å². The first-order chi connectivity index (χ1) is 11.9. The van der Waals surface area contributed by atoms with E-state index in [4.69, 9.17) is 0 Å². The van der Waals surface area contributed by atoms with Gasteiger partial charge in [-0.25, -0.2) is 0 Å². The van der Waals surface area contributed by atoms with Gasteiger partial charge in [-0.1, -0.05) is 30.3 Å². The summed E-state index contributed by atoms with van der Waals surface area (Å²) in [6.45, 7) is 3.22. The third-order valence-electron chi connectivity index (χ3n) is 4.48. The van der Waals surface area contributed by atoms with Gasteiger partial charge in [0.1, 0.15) is 0 Å². The van der Waals surface area contributed by atoms with Gasteiger partial charge in [0.25, 0.3) is 0 Å². The first kappa shape index (κ1) is 17.7. The minimum atomic E-state index is -4.49. The fourth-order valence-corrected chi connectivity index (χ4v) is 2.96. The van der Waals surface area contributed by atoms with Crippen molar-refractivity contribution in [3.63, 3.8) is 0 Å². The summed E-state index contributed by atoms with van der Waals surface area (Å²) in [4.78, 5) is 4.18. The van der Waals surface area contributed by atoms with Gasteiger partial charge in [-0.2, -0.15) is 13.2 Å². The van der Waals surface area contributed by atoms with Crippen LogP contribution < -0.4 is 4.90 Å². The third kappa shape index (κ3) is 4.48. The molecule has 0 unspecified atom stereocenters. The molecule has 1 saturated heterocycles. The summed E-state index contributed by atoms with van der Waals surface area (Å²) in [6, 6.07) is 11.1. The highest BCUT2D eigenvalue weighted by atomic mass is 19.4. The molecule has 0 aliphatic carbocycles. The molecule has 0 bridgehead atoms. The second kappa shape index (κ2) is 7.39. The van der Waals surface area contributed by atoms with E-state index in [9.17, 15) is 13.2 Å². The average Bonchev–Trinajstić information content (AvgIpc) is 2.60.